The standard InChI is InChI=1S/C16H25N7O.2ClH/c1-12(2)15-20-19-11-22(15)9-7-18-16(24)14-5-8-23(21-14)13-4-3-6-17-10-13;;/h5,8,11-13,17H,3-4,6-7,9-10H2,1-2H3,(H,18,24);2*1H. The summed E-state index contributed by atoms with van der Waals surface area (Å²) < 4.78 is 3.87. The van der Waals surface area contributed by atoms with E-state index in [2.05, 4.69) is 39.8 Å². The largest absolute Gasteiger partial charge is 0.349 e. The van der Waals surface area contributed by atoms with Gasteiger partial charge in [0, 0.05) is 31.7 Å². The van der Waals surface area contributed by atoms with Crippen LogP contribution >= 0.6 is 24.8 Å². The number of amides is 1. The minimum atomic E-state index is -0.142. The maximum Gasteiger partial charge on any atom is 0.271 e. The summed E-state index contributed by atoms with van der Waals surface area (Å²) in [4.78, 5) is 12.2. The van der Waals surface area contributed by atoms with E-state index >= 15 is 0 Å². The van der Waals surface area contributed by atoms with Crippen LogP contribution in [0, 0.1) is 0 Å². The third-order valence-electron chi connectivity index (χ3n) is 4.29. The topological polar surface area (TPSA) is 89.7 Å². The third-order valence-corrected chi connectivity index (χ3v) is 4.29. The molecule has 1 aliphatic rings. The number of carbonyl (C=O) groups excluding carboxylic acids is 1. The van der Waals surface area contributed by atoms with Gasteiger partial charge in [-0.2, -0.15) is 5.10 Å². The molecule has 10 heteroatoms. The van der Waals surface area contributed by atoms with Gasteiger partial charge in [-0.3, -0.25) is 9.48 Å². The van der Waals surface area contributed by atoms with Gasteiger partial charge >= 0.3 is 0 Å². The molecular weight excluding hydrogens is 377 g/mol. The van der Waals surface area contributed by atoms with E-state index in [1.807, 2.05) is 15.4 Å². The summed E-state index contributed by atoms with van der Waals surface area (Å²) in [6.07, 6.45) is 5.83. The summed E-state index contributed by atoms with van der Waals surface area (Å²) in [6.45, 7) is 7.30. The first-order valence-electron chi connectivity index (χ1n) is 8.57. The van der Waals surface area contributed by atoms with E-state index in [0.717, 1.165) is 31.8 Å². The van der Waals surface area contributed by atoms with E-state index < -0.39 is 0 Å². The summed E-state index contributed by atoms with van der Waals surface area (Å²) in [6, 6.07) is 2.12. The van der Waals surface area contributed by atoms with Crippen molar-refractivity contribution in [2.24, 2.45) is 0 Å². The Balaban J connectivity index is 0.00000169. The van der Waals surface area contributed by atoms with E-state index in [1.54, 1.807) is 12.4 Å². The second kappa shape index (κ2) is 10.5. The van der Waals surface area contributed by atoms with E-state index in [-0.39, 0.29) is 30.7 Å². The molecule has 1 atom stereocenters. The number of hydrogen-bond donors (Lipinski definition) is 2. The number of hydrogen-bond acceptors (Lipinski definition) is 5. The lowest BCUT2D eigenvalue weighted by molar-refractivity contribution is 0.0946. The lowest BCUT2D eigenvalue weighted by atomic mass is 10.1. The van der Waals surface area contributed by atoms with Gasteiger partial charge in [0.25, 0.3) is 5.91 Å². The number of nitrogens with one attached hydrogen (secondary N) is 2. The first-order valence-corrected chi connectivity index (χ1v) is 8.57. The van der Waals surface area contributed by atoms with Gasteiger partial charge in [-0.1, -0.05) is 13.8 Å². The van der Waals surface area contributed by atoms with Crippen molar-refractivity contribution in [3.8, 4) is 0 Å². The quantitative estimate of drug-likeness (QED) is 0.767. The van der Waals surface area contributed by atoms with Gasteiger partial charge in [-0.15, -0.1) is 35.0 Å². The highest BCUT2D eigenvalue weighted by atomic mass is 35.5. The molecule has 1 aliphatic heterocycles. The van der Waals surface area contributed by atoms with Gasteiger partial charge in [-0.05, 0) is 25.5 Å². The summed E-state index contributed by atoms with van der Waals surface area (Å²) in [5, 5.41) is 18.7. The summed E-state index contributed by atoms with van der Waals surface area (Å²) >= 11 is 0. The SMILES string of the molecule is CC(C)c1nncn1CCNC(=O)c1ccn(C2CCCNC2)n1.Cl.Cl. The Morgan fingerprint density at radius 1 is 1.42 bits per heavy atom. The number of piperidine rings is 1. The normalized spacial score (nSPS) is 16.7. The molecule has 0 radical (unpaired) electrons. The van der Waals surface area contributed by atoms with Crippen LogP contribution in [0.25, 0.3) is 0 Å². The fourth-order valence-corrected chi connectivity index (χ4v) is 2.99. The van der Waals surface area contributed by atoms with Crippen molar-refractivity contribution in [2.75, 3.05) is 19.6 Å². The monoisotopic (exact) mass is 403 g/mol. The summed E-state index contributed by atoms with van der Waals surface area (Å²) in [5.41, 5.74) is 0.466. The summed E-state index contributed by atoms with van der Waals surface area (Å²) in [7, 11) is 0. The van der Waals surface area contributed by atoms with Crippen molar-refractivity contribution >= 4 is 30.7 Å². The highest BCUT2D eigenvalue weighted by Crippen LogP contribution is 2.15. The van der Waals surface area contributed by atoms with E-state index in [1.165, 1.54) is 0 Å². The fourth-order valence-electron chi connectivity index (χ4n) is 2.99. The Kier molecular flexibility index (Phi) is 9.04. The van der Waals surface area contributed by atoms with Crippen LogP contribution in [0.1, 0.15) is 55.0 Å². The molecule has 3 rings (SSSR count). The average molecular weight is 404 g/mol. The molecule has 0 aliphatic carbocycles. The number of aromatic nitrogens is 5. The predicted octanol–water partition coefficient (Wildman–Crippen LogP) is 1.80. The molecule has 0 spiro atoms. The lowest BCUT2D eigenvalue weighted by Gasteiger charge is -2.22. The molecule has 146 valence electrons. The van der Waals surface area contributed by atoms with E-state index in [4.69, 9.17) is 0 Å². The van der Waals surface area contributed by atoms with Gasteiger partial charge in [-0.25, -0.2) is 0 Å². The predicted molar refractivity (Wildman–Crippen MR) is 104 cm³/mol. The van der Waals surface area contributed by atoms with Crippen LogP contribution in [-0.4, -0.2) is 50.1 Å². The van der Waals surface area contributed by atoms with Crippen LogP contribution in [0.15, 0.2) is 18.6 Å². The molecule has 1 fully saturated rings. The number of nitrogens with zero attached hydrogens (tertiary/aromatic N) is 5. The maximum atomic E-state index is 12.2. The summed E-state index contributed by atoms with van der Waals surface area (Å²) in [5.74, 6) is 1.10. The number of rotatable bonds is 6. The molecule has 1 unspecified atom stereocenters. The Labute approximate surface area is 165 Å². The highest BCUT2D eigenvalue weighted by molar-refractivity contribution is 5.92. The molecule has 26 heavy (non-hydrogen) atoms. The van der Waals surface area contributed by atoms with Gasteiger partial charge in [0.15, 0.2) is 0 Å². The van der Waals surface area contributed by atoms with Crippen LogP contribution in [-0.2, 0) is 6.54 Å². The van der Waals surface area contributed by atoms with Gasteiger partial charge in [0.2, 0.25) is 0 Å². The maximum absolute atomic E-state index is 12.2. The number of carbonyl (C=O) groups is 1. The van der Waals surface area contributed by atoms with Crippen molar-refractivity contribution in [3.05, 3.63) is 30.1 Å². The molecule has 2 aromatic rings. The molecule has 1 amide bonds. The Morgan fingerprint density at radius 3 is 2.92 bits per heavy atom. The Bertz CT molecular complexity index is 680. The fraction of sp³-hybridized carbons (Fsp3) is 0.625. The molecule has 1 saturated heterocycles. The minimum absolute atomic E-state index is 0. The molecule has 0 bridgehead atoms. The first kappa shape index (κ1) is 22.4. The van der Waals surface area contributed by atoms with Crippen molar-refractivity contribution in [3.63, 3.8) is 0 Å². The smallest absolute Gasteiger partial charge is 0.271 e. The van der Waals surface area contributed by atoms with Crippen LogP contribution in [0.5, 0.6) is 0 Å². The highest BCUT2D eigenvalue weighted by Gasteiger charge is 2.17. The Morgan fingerprint density at radius 2 is 2.23 bits per heavy atom. The van der Waals surface area contributed by atoms with Crippen molar-refractivity contribution in [2.45, 2.75) is 45.2 Å². The van der Waals surface area contributed by atoms with Crippen molar-refractivity contribution < 1.29 is 4.79 Å². The van der Waals surface area contributed by atoms with Crippen LogP contribution in [0.4, 0.5) is 0 Å². The van der Waals surface area contributed by atoms with Gasteiger partial charge in [0.1, 0.15) is 17.8 Å². The van der Waals surface area contributed by atoms with Crippen molar-refractivity contribution in [1.82, 2.24) is 35.2 Å². The molecule has 8 nitrogen and oxygen atoms in total. The lowest BCUT2D eigenvalue weighted by Crippen LogP contribution is -2.32. The van der Waals surface area contributed by atoms with Crippen LogP contribution in [0.2, 0.25) is 0 Å². The zero-order valence-corrected chi connectivity index (χ0v) is 16.7. The molecule has 0 aromatic carbocycles. The Hall–Kier alpha value is -1.64. The third kappa shape index (κ3) is 5.43. The minimum Gasteiger partial charge on any atom is -0.349 e. The van der Waals surface area contributed by atoms with Crippen LogP contribution in [0.3, 0.4) is 0 Å². The van der Waals surface area contributed by atoms with Gasteiger partial charge in [0.05, 0.1) is 6.04 Å². The van der Waals surface area contributed by atoms with Gasteiger partial charge < -0.3 is 15.2 Å². The zero-order chi connectivity index (χ0) is 16.9. The second-order valence-electron chi connectivity index (χ2n) is 6.47. The van der Waals surface area contributed by atoms with Crippen molar-refractivity contribution in [1.29, 1.82) is 0 Å². The van der Waals surface area contributed by atoms with Crippen LogP contribution < -0.4 is 10.6 Å². The second-order valence-corrected chi connectivity index (χ2v) is 6.47. The molecule has 2 aromatic heterocycles. The molecule has 0 saturated carbocycles. The molecular formula is C16H27Cl2N7O. The number of halogens is 2. The average Bonchev–Trinajstić information content (AvgIpc) is 3.25. The van der Waals surface area contributed by atoms with E-state index in [0.29, 0.717) is 30.7 Å². The molecule has 2 N–H and O–H groups in total. The first-order chi connectivity index (χ1) is 11.6. The van der Waals surface area contributed by atoms with E-state index in [9.17, 15) is 4.79 Å². The zero-order valence-electron chi connectivity index (χ0n) is 15.1. The molecule has 3 heterocycles.